The van der Waals surface area contributed by atoms with Gasteiger partial charge in [-0.3, -0.25) is 5.10 Å². The van der Waals surface area contributed by atoms with Crippen molar-refractivity contribution in [3.8, 4) is 0 Å². The Morgan fingerprint density at radius 2 is 1.88 bits per heavy atom. The van der Waals surface area contributed by atoms with E-state index in [2.05, 4.69) is 57.8 Å². The minimum absolute atomic E-state index is 0.455. The number of nitrogens with one attached hydrogen (secondary N) is 1. The van der Waals surface area contributed by atoms with Gasteiger partial charge in [0.05, 0.1) is 6.21 Å². The molecule has 0 unspecified atom stereocenters. The van der Waals surface area contributed by atoms with E-state index in [1.54, 1.807) is 4.68 Å². The third-order valence-corrected chi connectivity index (χ3v) is 5.05. The van der Waals surface area contributed by atoms with Crippen LogP contribution in [-0.4, -0.2) is 21.1 Å². The van der Waals surface area contributed by atoms with Crippen LogP contribution in [0.3, 0.4) is 0 Å². The van der Waals surface area contributed by atoms with Crippen molar-refractivity contribution in [1.29, 1.82) is 0 Å². The fourth-order valence-electron chi connectivity index (χ4n) is 3.52. The van der Waals surface area contributed by atoms with Crippen LogP contribution < -0.4 is 0 Å². The molecule has 0 spiro atoms. The summed E-state index contributed by atoms with van der Waals surface area (Å²) in [6, 6.07) is 14.6. The van der Waals surface area contributed by atoms with Gasteiger partial charge in [-0.25, -0.2) is 0 Å². The molecule has 5 heteroatoms. The first-order chi connectivity index (χ1) is 11.8. The molecule has 1 saturated carbocycles. The smallest absolute Gasteiger partial charge is 0.216 e. The zero-order chi connectivity index (χ0) is 16.4. The molecule has 1 aromatic heterocycles. The number of hydrogen-bond donors (Lipinski definition) is 1. The normalized spacial score (nSPS) is 16.2. The molecule has 0 saturated heterocycles. The Labute approximate surface area is 146 Å². The van der Waals surface area contributed by atoms with Crippen molar-refractivity contribution < 1.29 is 0 Å². The van der Waals surface area contributed by atoms with E-state index in [1.165, 1.54) is 42.9 Å². The highest BCUT2D eigenvalue weighted by Gasteiger charge is 2.21. The maximum Gasteiger partial charge on any atom is 0.216 e. The summed E-state index contributed by atoms with van der Waals surface area (Å²) in [5, 5.41) is 14.4. The monoisotopic (exact) mass is 336 g/mol. The van der Waals surface area contributed by atoms with Crippen LogP contribution in [0.25, 0.3) is 10.8 Å². The number of nitrogens with zero attached hydrogens (tertiary/aromatic N) is 3. The molecular formula is C19H20N4S. The van der Waals surface area contributed by atoms with Gasteiger partial charge in [0.2, 0.25) is 4.77 Å². The van der Waals surface area contributed by atoms with Crippen LogP contribution in [0.4, 0.5) is 0 Å². The molecule has 4 rings (SSSR count). The summed E-state index contributed by atoms with van der Waals surface area (Å²) in [6.07, 6.45) is 8.07. The number of hydrogen-bond acceptors (Lipinski definition) is 3. The van der Waals surface area contributed by atoms with Crippen LogP contribution in [-0.2, 0) is 0 Å². The highest BCUT2D eigenvalue weighted by molar-refractivity contribution is 7.71. The zero-order valence-electron chi connectivity index (χ0n) is 13.5. The molecule has 4 nitrogen and oxygen atoms in total. The topological polar surface area (TPSA) is 46.0 Å². The Bertz CT molecular complexity index is 926. The van der Waals surface area contributed by atoms with E-state index in [0.29, 0.717) is 10.7 Å². The van der Waals surface area contributed by atoms with Crippen molar-refractivity contribution in [1.82, 2.24) is 14.9 Å². The van der Waals surface area contributed by atoms with E-state index in [0.717, 1.165) is 11.4 Å². The average molecular weight is 336 g/mol. The van der Waals surface area contributed by atoms with E-state index in [4.69, 9.17) is 12.2 Å². The van der Waals surface area contributed by atoms with Gasteiger partial charge in [0, 0.05) is 11.5 Å². The molecule has 0 atom stereocenters. The van der Waals surface area contributed by atoms with Crippen molar-refractivity contribution >= 4 is 29.2 Å². The van der Waals surface area contributed by atoms with E-state index < -0.39 is 0 Å². The summed E-state index contributed by atoms with van der Waals surface area (Å²) in [7, 11) is 0. The molecule has 1 heterocycles. The van der Waals surface area contributed by atoms with Crippen LogP contribution in [0.1, 0.15) is 49.4 Å². The first-order valence-corrected chi connectivity index (χ1v) is 8.93. The lowest BCUT2D eigenvalue weighted by Gasteiger charge is -2.19. The summed E-state index contributed by atoms with van der Waals surface area (Å²) in [5.41, 5.74) is 1.09. The number of fused-ring (bicyclic) bond motifs is 1. The molecule has 1 aliphatic carbocycles. The van der Waals surface area contributed by atoms with E-state index in [9.17, 15) is 0 Å². The molecule has 1 aliphatic rings. The van der Waals surface area contributed by atoms with Gasteiger partial charge in [0.15, 0.2) is 5.82 Å². The van der Waals surface area contributed by atoms with Gasteiger partial charge >= 0.3 is 0 Å². The first-order valence-electron chi connectivity index (χ1n) is 8.52. The number of benzene rings is 2. The summed E-state index contributed by atoms with van der Waals surface area (Å²) >= 11 is 5.38. The molecule has 0 amide bonds. The molecule has 122 valence electrons. The minimum atomic E-state index is 0.455. The summed E-state index contributed by atoms with van der Waals surface area (Å²) < 4.78 is 2.36. The Kier molecular flexibility index (Phi) is 4.26. The van der Waals surface area contributed by atoms with E-state index >= 15 is 0 Å². The zero-order valence-corrected chi connectivity index (χ0v) is 14.3. The lowest BCUT2D eigenvalue weighted by atomic mass is 9.89. The average Bonchev–Trinajstić information content (AvgIpc) is 3.01. The minimum Gasteiger partial charge on any atom is -0.250 e. The number of aromatic amines is 1. The number of aromatic nitrogens is 3. The van der Waals surface area contributed by atoms with Crippen molar-refractivity contribution in [3.63, 3.8) is 0 Å². The predicted octanol–water partition coefficient (Wildman–Crippen LogP) is 5.02. The Morgan fingerprint density at radius 1 is 1.08 bits per heavy atom. The predicted molar refractivity (Wildman–Crippen MR) is 100 cm³/mol. The fraction of sp³-hybridized carbons (Fsp3) is 0.316. The van der Waals surface area contributed by atoms with Crippen LogP contribution in [0, 0.1) is 4.77 Å². The standard InChI is InChI=1S/C19H20N4S/c24-19-22-21-18(15-8-2-1-3-9-15)23(19)20-13-16-11-6-10-14-7-4-5-12-17(14)16/h4-7,10-13,15H,1-3,8-9H2,(H,22,24)/b20-13+. The van der Waals surface area contributed by atoms with Crippen molar-refractivity contribution in [2.75, 3.05) is 0 Å². The van der Waals surface area contributed by atoms with Gasteiger partial charge in [-0.05, 0) is 35.8 Å². The highest BCUT2D eigenvalue weighted by Crippen LogP contribution is 2.31. The quantitative estimate of drug-likeness (QED) is 0.539. The Balaban J connectivity index is 1.71. The maximum absolute atomic E-state index is 5.38. The number of rotatable bonds is 3. The van der Waals surface area contributed by atoms with Gasteiger partial charge in [0.25, 0.3) is 0 Å². The summed E-state index contributed by atoms with van der Waals surface area (Å²) in [4.78, 5) is 0. The van der Waals surface area contributed by atoms with Gasteiger partial charge in [-0.2, -0.15) is 14.9 Å². The maximum atomic E-state index is 5.38. The van der Waals surface area contributed by atoms with Gasteiger partial charge < -0.3 is 0 Å². The van der Waals surface area contributed by atoms with E-state index in [1.807, 2.05) is 6.21 Å². The Morgan fingerprint density at radius 3 is 2.75 bits per heavy atom. The van der Waals surface area contributed by atoms with Crippen LogP contribution in [0.5, 0.6) is 0 Å². The molecule has 1 fully saturated rings. The third kappa shape index (κ3) is 2.91. The number of H-pyrrole nitrogens is 1. The lowest BCUT2D eigenvalue weighted by molar-refractivity contribution is 0.419. The van der Waals surface area contributed by atoms with Crippen LogP contribution in [0.15, 0.2) is 47.6 Å². The van der Waals surface area contributed by atoms with Crippen molar-refractivity contribution in [2.24, 2.45) is 5.10 Å². The Hall–Kier alpha value is -2.27. The van der Waals surface area contributed by atoms with Gasteiger partial charge in [-0.15, -0.1) is 0 Å². The van der Waals surface area contributed by atoms with Gasteiger partial charge in [-0.1, -0.05) is 61.7 Å². The van der Waals surface area contributed by atoms with Crippen LogP contribution in [0.2, 0.25) is 0 Å². The van der Waals surface area contributed by atoms with Crippen molar-refractivity contribution in [3.05, 3.63) is 58.6 Å². The fourth-order valence-corrected chi connectivity index (χ4v) is 3.71. The molecule has 3 aromatic rings. The molecular weight excluding hydrogens is 316 g/mol. The largest absolute Gasteiger partial charge is 0.250 e. The highest BCUT2D eigenvalue weighted by atomic mass is 32.1. The second-order valence-electron chi connectivity index (χ2n) is 6.35. The van der Waals surface area contributed by atoms with Crippen LogP contribution >= 0.6 is 12.2 Å². The molecule has 0 radical (unpaired) electrons. The third-order valence-electron chi connectivity index (χ3n) is 4.78. The molecule has 1 N–H and O–H groups in total. The first kappa shape index (κ1) is 15.3. The molecule has 0 bridgehead atoms. The summed E-state index contributed by atoms with van der Waals surface area (Å²) in [5.74, 6) is 1.42. The molecule has 24 heavy (non-hydrogen) atoms. The van der Waals surface area contributed by atoms with Crippen molar-refractivity contribution in [2.45, 2.75) is 38.0 Å². The second-order valence-corrected chi connectivity index (χ2v) is 6.73. The van der Waals surface area contributed by atoms with E-state index in [-0.39, 0.29) is 0 Å². The summed E-state index contributed by atoms with van der Waals surface area (Å²) in [6.45, 7) is 0. The molecule has 0 aliphatic heterocycles. The lowest BCUT2D eigenvalue weighted by Crippen LogP contribution is -2.10. The molecule has 2 aromatic carbocycles. The van der Waals surface area contributed by atoms with Gasteiger partial charge in [0.1, 0.15) is 0 Å². The SMILES string of the molecule is S=c1[nH]nc(C2CCCCC2)n1/N=C/c1cccc2ccccc12. The second kappa shape index (κ2) is 6.69.